The number of ether oxygens (including phenoxy) is 1. The van der Waals surface area contributed by atoms with Crippen molar-refractivity contribution in [2.75, 3.05) is 19.7 Å². The predicted octanol–water partition coefficient (Wildman–Crippen LogP) is 2.00. The molecule has 1 unspecified atom stereocenters. The van der Waals surface area contributed by atoms with Gasteiger partial charge in [-0.1, -0.05) is 42.0 Å². The minimum Gasteiger partial charge on any atom is -0.371 e. The molecule has 1 aliphatic rings. The lowest BCUT2D eigenvalue weighted by Gasteiger charge is -2.20. The molecular weight excluding hydrogens is 186 g/mol. The summed E-state index contributed by atoms with van der Waals surface area (Å²) in [7, 11) is 0. The first kappa shape index (κ1) is 10.4. The van der Waals surface area contributed by atoms with Gasteiger partial charge in [-0.05, 0) is 12.5 Å². The molecule has 1 saturated heterocycles. The van der Waals surface area contributed by atoms with Crippen LogP contribution in [0.3, 0.4) is 0 Å². The Labute approximate surface area is 91.0 Å². The summed E-state index contributed by atoms with van der Waals surface area (Å²) in [4.78, 5) is 0. The minimum atomic E-state index is 0.222. The Kier molecular flexibility index (Phi) is 3.54. The van der Waals surface area contributed by atoms with Crippen molar-refractivity contribution in [1.82, 2.24) is 5.32 Å². The second kappa shape index (κ2) is 5.10. The number of hydrogen-bond donors (Lipinski definition) is 1. The second-order valence-electron chi connectivity index (χ2n) is 3.88. The van der Waals surface area contributed by atoms with Gasteiger partial charge in [-0.25, -0.2) is 0 Å². The summed E-state index contributed by atoms with van der Waals surface area (Å²) in [6.07, 6.45) is 4.47. The first-order valence-electron chi connectivity index (χ1n) is 5.42. The van der Waals surface area contributed by atoms with Gasteiger partial charge in [-0.2, -0.15) is 0 Å². The van der Waals surface area contributed by atoms with E-state index in [9.17, 15) is 0 Å². The zero-order chi connectivity index (χ0) is 10.5. The summed E-state index contributed by atoms with van der Waals surface area (Å²) in [5.41, 5.74) is 2.53. The number of aryl methyl sites for hydroxylation is 1. The van der Waals surface area contributed by atoms with E-state index in [1.807, 2.05) is 0 Å². The fourth-order valence-corrected chi connectivity index (χ4v) is 1.61. The van der Waals surface area contributed by atoms with Crippen LogP contribution in [0.25, 0.3) is 6.08 Å². The third-order valence-electron chi connectivity index (χ3n) is 2.54. The van der Waals surface area contributed by atoms with Gasteiger partial charge in [0.05, 0.1) is 12.7 Å². The van der Waals surface area contributed by atoms with Crippen LogP contribution in [0.4, 0.5) is 0 Å². The van der Waals surface area contributed by atoms with Crippen molar-refractivity contribution < 1.29 is 4.74 Å². The summed E-state index contributed by atoms with van der Waals surface area (Å²) in [6, 6.07) is 8.50. The molecule has 1 fully saturated rings. The maximum atomic E-state index is 5.57. The van der Waals surface area contributed by atoms with Gasteiger partial charge in [0.1, 0.15) is 0 Å². The molecule has 2 heteroatoms. The summed E-state index contributed by atoms with van der Waals surface area (Å²) in [5, 5.41) is 3.30. The molecule has 15 heavy (non-hydrogen) atoms. The molecule has 1 aliphatic heterocycles. The van der Waals surface area contributed by atoms with Crippen molar-refractivity contribution in [1.29, 1.82) is 0 Å². The van der Waals surface area contributed by atoms with Gasteiger partial charge in [0.2, 0.25) is 0 Å². The highest BCUT2D eigenvalue weighted by Crippen LogP contribution is 2.07. The third-order valence-corrected chi connectivity index (χ3v) is 2.54. The van der Waals surface area contributed by atoms with Crippen LogP contribution in [0.2, 0.25) is 0 Å². The van der Waals surface area contributed by atoms with Gasteiger partial charge < -0.3 is 10.1 Å². The highest BCUT2D eigenvalue weighted by Gasteiger charge is 2.08. The van der Waals surface area contributed by atoms with Gasteiger partial charge >= 0.3 is 0 Å². The van der Waals surface area contributed by atoms with E-state index in [0.717, 1.165) is 19.7 Å². The fraction of sp³-hybridized carbons (Fsp3) is 0.385. The summed E-state index contributed by atoms with van der Waals surface area (Å²) < 4.78 is 5.57. The van der Waals surface area contributed by atoms with E-state index in [-0.39, 0.29) is 6.10 Å². The smallest absolute Gasteiger partial charge is 0.0884 e. The van der Waals surface area contributed by atoms with Crippen molar-refractivity contribution in [3.8, 4) is 0 Å². The summed E-state index contributed by atoms with van der Waals surface area (Å²) in [6.45, 7) is 4.79. The molecule has 0 saturated carbocycles. The third kappa shape index (κ3) is 3.18. The Morgan fingerprint density at radius 3 is 2.80 bits per heavy atom. The molecule has 0 aromatic heterocycles. The van der Waals surface area contributed by atoms with Crippen LogP contribution in [0.5, 0.6) is 0 Å². The van der Waals surface area contributed by atoms with Gasteiger partial charge in [0.15, 0.2) is 0 Å². The number of rotatable bonds is 2. The van der Waals surface area contributed by atoms with Crippen molar-refractivity contribution in [3.05, 3.63) is 41.5 Å². The molecule has 1 heterocycles. The molecule has 0 amide bonds. The molecule has 0 aliphatic carbocycles. The van der Waals surface area contributed by atoms with Crippen molar-refractivity contribution >= 4 is 6.08 Å². The topological polar surface area (TPSA) is 21.3 Å². The van der Waals surface area contributed by atoms with Crippen molar-refractivity contribution in [2.24, 2.45) is 0 Å². The van der Waals surface area contributed by atoms with Crippen LogP contribution in [-0.4, -0.2) is 25.8 Å². The quantitative estimate of drug-likeness (QED) is 0.793. The Morgan fingerprint density at radius 2 is 2.13 bits per heavy atom. The average molecular weight is 203 g/mol. The SMILES string of the molecule is Cc1ccc(C=CC2CNCCO2)cc1. The van der Waals surface area contributed by atoms with Gasteiger partial charge in [-0.15, -0.1) is 0 Å². The highest BCUT2D eigenvalue weighted by molar-refractivity contribution is 5.50. The molecule has 0 spiro atoms. The lowest BCUT2D eigenvalue weighted by Crippen LogP contribution is -2.37. The van der Waals surface area contributed by atoms with Crippen LogP contribution >= 0.6 is 0 Å². The first-order chi connectivity index (χ1) is 7.34. The lowest BCUT2D eigenvalue weighted by atomic mass is 10.1. The van der Waals surface area contributed by atoms with Crippen LogP contribution < -0.4 is 5.32 Å². The van der Waals surface area contributed by atoms with E-state index in [1.165, 1.54) is 11.1 Å². The zero-order valence-corrected chi connectivity index (χ0v) is 9.07. The molecule has 1 N–H and O–H groups in total. The highest BCUT2D eigenvalue weighted by atomic mass is 16.5. The normalized spacial score (nSPS) is 22.1. The number of hydrogen-bond acceptors (Lipinski definition) is 2. The number of benzene rings is 1. The fourth-order valence-electron chi connectivity index (χ4n) is 1.61. The average Bonchev–Trinajstić information content (AvgIpc) is 2.30. The van der Waals surface area contributed by atoms with E-state index in [2.05, 4.69) is 48.7 Å². The predicted molar refractivity (Wildman–Crippen MR) is 62.8 cm³/mol. The summed E-state index contributed by atoms with van der Waals surface area (Å²) >= 11 is 0. The molecule has 1 aromatic rings. The van der Waals surface area contributed by atoms with Gasteiger partial charge in [-0.3, -0.25) is 0 Å². The molecular formula is C13H17NO. The lowest BCUT2D eigenvalue weighted by molar-refractivity contribution is 0.0596. The molecule has 2 nitrogen and oxygen atoms in total. The second-order valence-corrected chi connectivity index (χ2v) is 3.88. The van der Waals surface area contributed by atoms with E-state index in [4.69, 9.17) is 4.74 Å². The standard InChI is InChI=1S/C13H17NO/c1-11-2-4-12(5-3-11)6-7-13-10-14-8-9-15-13/h2-7,13-14H,8-10H2,1H3. The molecule has 1 atom stereocenters. The Hall–Kier alpha value is -1.12. The van der Waals surface area contributed by atoms with Gasteiger partial charge in [0, 0.05) is 13.1 Å². The van der Waals surface area contributed by atoms with E-state index in [1.54, 1.807) is 0 Å². The van der Waals surface area contributed by atoms with Crippen LogP contribution in [0, 0.1) is 6.92 Å². The van der Waals surface area contributed by atoms with Crippen LogP contribution in [0.15, 0.2) is 30.3 Å². The van der Waals surface area contributed by atoms with Crippen LogP contribution in [-0.2, 0) is 4.74 Å². The minimum absolute atomic E-state index is 0.222. The molecule has 1 aromatic carbocycles. The number of nitrogens with one attached hydrogen (secondary N) is 1. The zero-order valence-electron chi connectivity index (χ0n) is 9.07. The van der Waals surface area contributed by atoms with E-state index >= 15 is 0 Å². The van der Waals surface area contributed by atoms with E-state index in [0.29, 0.717) is 0 Å². The van der Waals surface area contributed by atoms with Crippen molar-refractivity contribution in [3.63, 3.8) is 0 Å². The van der Waals surface area contributed by atoms with E-state index < -0.39 is 0 Å². The number of morpholine rings is 1. The van der Waals surface area contributed by atoms with Gasteiger partial charge in [0.25, 0.3) is 0 Å². The Morgan fingerprint density at radius 1 is 1.33 bits per heavy atom. The van der Waals surface area contributed by atoms with Crippen molar-refractivity contribution in [2.45, 2.75) is 13.0 Å². The maximum Gasteiger partial charge on any atom is 0.0884 e. The monoisotopic (exact) mass is 203 g/mol. The summed E-state index contributed by atoms with van der Waals surface area (Å²) in [5.74, 6) is 0. The maximum absolute atomic E-state index is 5.57. The molecule has 2 rings (SSSR count). The molecule has 80 valence electrons. The Balaban J connectivity index is 1.95. The van der Waals surface area contributed by atoms with Crippen LogP contribution in [0.1, 0.15) is 11.1 Å². The molecule has 0 radical (unpaired) electrons. The largest absolute Gasteiger partial charge is 0.371 e. The molecule has 0 bridgehead atoms. The Bertz CT molecular complexity index is 323. The first-order valence-corrected chi connectivity index (χ1v) is 5.42.